The van der Waals surface area contributed by atoms with Crippen molar-refractivity contribution in [2.45, 2.75) is 13.2 Å². The molecule has 0 radical (unpaired) electrons. The molecule has 2 heterocycles. The maximum Gasteiger partial charge on any atom is 0.246 e. The zero-order valence-electron chi connectivity index (χ0n) is 13.8. The predicted octanol–water partition coefficient (Wildman–Crippen LogP) is 2.37. The number of aromatic amines is 1. The molecule has 4 rings (SSSR count). The Morgan fingerprint density at radius 3 is 2.73 bits per heavy atom. The number of hydrogen-bond acceptors (Lipinski definition) is 5. The second kappa shape index (κ2) is 7.06. The zero-order chi connectivity index (χ0) is 17.8. The maximum absolute atomic E-state index is 12.4. The van der Waals surface area contributed by atoms with Crippen LogP contribution in [0, 0.1) is 0 Å². The number of para-hydroxylation sites is 3. The Hall–Kier alpha value is -3.68. The Morgan fingerprint density at radius 1 is 1.12 bits per heavy atom. The first-order chi connectivity index (χ1) is 12.8. The van der Waals surface area contributed by atoms with E-state index in [9.17, 15) is 4.79 Å². The lowest BCUT2D eigenvalue weighted by Crippen LogP contribution is -2.21. The van der Waals surface area contributed by atoms with Crippen LogP contribution in [-0.2, 0) is 17.9 Å². The minimum absolute atomic E-state index is 0.0920. The fraction of sp³-hybridized carbons (Fsp3) is 0.111. The molecule has 0 saturated carbocycles. The van der Waals surface area contributed by atoms with E-state index in [1.807, 2.05) is 59.2 Å². The summed E-state index contributed by atoms with van der Waals surface area (Å²) in [7, 11) is 0. The lowest BCUT2D eigenvalue weighted by Gasteiger charge is -2.10. The quantitative estimate of drug-likeness (QED) is 0.557. The third-order valence-corrected chi connectivity index (χ3v) is 3.82. The highest BCUT2D eigenvalue weighted by atomic mass is 16.5. The van der Waals surface area contributed by atoms with Gasteiger partial charge in [0.1, 0.15) is 31.1 Å². The van der Waals surface area contributed by atoms with Crippen LogP contribution in [0.15, 0.2) is 60.9 Å². The van der Waals surface area contributed by atoms with Gasteiger partial charge in [0.05, 0.1) is 11.0 Å². The van der Waals surface area contributed by atoms with E-state index in [0.717, 1.165) is 16.8 Å². The van der Waals surface area contributed by atoms with Crippen LogP contribution < -0.4 is 10.1 Å². The maximum atomic E-state index is 12.4. The lowest BCUT2D eigenvalue weighted by molar-refractivity contribution is -0.116. The molecule has 0 fully saturated rings. The van der Waals surface area contributed by atoms with Gasteiger partial charge < -0.3 is 9.30 Å². The van der Waals surface area contributed by atoms with Crippen molar-refractivity contribution in [2.24, 2.45) is 0 Å². The fourth-order valence-electron chi connectivity index (χ4n) is 2.66. The molecule has 1 amide bonds. The largest absolute Gasteiger partial charge is 0.486 e. The molecule has 0 unspecified atom stereocenters. The summed E-state index contributed by atoms with van der Waals surface area (Å²) in [5.41, 5.74) is 1.68. The van der Waals surface area contributed by atoms with Crippen molar-refractivity contribution in [1.29, 1.82) is 0 Å². The highest BCUT2D eigenvalue weighted by molar-refractivity contribution is 5.90. The number of anilines is 1. The van der Waals surface area contributed by atoms with E-state index in [0.29, 0.717) is 11.8 Å². The van der Waals surface area contributed by atoms with Gasteiger partial charge in [0.15, 0.2) is 0 Å². The molecule has 26 heavy (non-hydrogen) atoms. The molecule has 2 N–H and O–H groups in total. The van der Waals surface area contributed by atoms with Crippen LogP contribution in [0.25, 0.3) is 11.0 Å². The number of fused-ring (bicyclic) bond motifs is 1. The van der Waals surface area contributed by atoms with Gasteiger partial charge in [-0.05, 0) is 24.3 Å². The molecule has 8 nitrogen and oxygen atoms in total. The first kappa shape index (κ1) is 15.8. The summed E-state index contributed by atoms with van der Waals surface area (Å²) in [6.07, 6.45) is 1.33. The molecule has 0 aliphatic rings. The molecule has 8 heteroatoms. The summed E-state index contributed by atoms with van der Waals surface area (Å²) < 4.78 is 7.64. The number of ether oxygens (including phenoxy) is 1. The number of aromatic nitrogens is 5. The summed E-state index contributed by atoms with van der Waals surface area (Å²) in [4.78, 5) is 20.9. The summed E-state index contributed by atoms with van der Waals surface area (Å²) in [5.74, 6) is 1.49. The van der Waals surface area contributed by atoms with E-state index in [1.165, 1.54) is 6.33 Å². The van der Waals surface area contributed by atoms with Crippen molar-refractivity contribution in [1.82, 2.24) is 24.7 Å². The van der Waals surface area contributed by atoms with E-state index in [1.54, 1.807) is 0 Å². The molecular formula is C18H16N6O2. The van der Waals surface area contributed by atoms with E-state index in [4.69, 9.17) is 4.74 Å². The molecule has 0 atom stereocenters. The van der Waals surface area contributed by atoms with Crippen molar-refractivity contribution < 1.29 is 9.53 Å². The van der Waals surface area contributed by atoms with Gasteiger partial charge in [0.2, 0.25) is 11.9 Å². The molecule has 130 valence electrons. The van der Waals surface area contributed by atoms with E-state index < -0.39 is 0 Å². The molecule has 0 aliphatic heterocycles. The van der Waals surface area contributed by atoms with Crippen molar-refractivity contribution in [2.75, 3.05) is 5.32 Å². The van der Waals surface area contributed by atoms with Gasteiger partial charge >= 0.3 is 0 Å². The Bertz CT molecular complexity index is 1010. The van der Waals surface area contributed by atoms with Gasteiger partial charge in [0, 0.05) is 0 Å². The Morgan fingerprint density at radius 2 is 1.92 bits per heavy atom. The van der Waals surface area contributed by atoms with E-state index >= 15 is 0 Å². The molecule has 4 aromatic rings. The fourth-order valence-corrected chi connectivity index (χ4v) is 2.66. The van der Waals surface area contributed by atoms with E-state index in [-0.39, 0.29) is 19.1 Å². The summed E-state index contributed by atoms with van der Waals surface area (Å²) >= 11 is 0. The molecule has 2 aromatic heterocycles. The average Bonchev–Trinajstić information content (AvgIpc) is 3.29. The lowest BCUT2D eigenvalue weighted by atomic mass is 10.3. The molecule has 0 bridgehead atoms. The van der Waals surface area contributed by atoms with Crippen LogP contribution >= 0.6 is 0 Å². The highest BCUT2D eigenvalue weighted by Crippen LogP contribution is 2.18. The van der Waals surface area contributed by atoms with Crippen molar-refractivity contribution in [3.63, 3.8) is 0 Å². The average molecular weight is 348 g/mol. The molecule has 2 aromatic carbocycles. The third kappa shape index (κ3) is 3.39. The monoisotopic (exact) mass is 348 g/mol. The van der Waals surface area contributed by atoms with Crippen LogP contribution in [0.1, 0.15) is 5.82 Å². The smallest absolute Gasteiger partial charge is 0.246 e. The first-order valence-corrected chi connectivity index (χ1v) is 8.07. The number of carbonyl (C=O) groups is 1. The summed E-state index contributed by atoms with van der Waals surface area (Å²) in [6.45, 7) is 0.350. The summed E-state index contributed by atoms with van der Waals surface area (Å²) in [5, 5.41) is 8.98. The molecule has 0 aliphatic carbocycles. The number of H-pyrrole nitrogens is 1. The number of hydrogen-bond donors (Lipinski definition) is 2. The van der Waals surface area contributed by atoms with Gasteiger partial charge in [-0.2, -0.15) is 10.1 Å². The first-order valence-electron chi connectivity index (χ1n) is 8.07. The van der Waals surface area contributed by atoms with E-state index in [2.05, 4.69) is 25.5 Å². The van der Waals surface area contributed by atoms with Crippen molar-refractivity contribution in [3.8, 4) is 5.75 Å². The summed E-state index contributed by atoms with van der Waals surface area (Å²) in [6, 6.07) is 17.2. The number of rotatable bonds is 6. The van der Waals surface area contributed by atoms with Crippen LogP contribution in [0.5, 0.6) is 5.75 Å². The number of amides is 1. The van der Waals surface area contributed by atoms with Gasteiger partial charge in [-0.1, -0.05) is 30.3 Å². The number of nitrogens with one attached hydrogen (secondary N) is 2. The molecule has 0 saturated heterocycles. The third-order valence-electron chi connectivity index (χ3n) is 3.82. The topological polar surface area (TPSA) is 97.7 Å². The van der Waals surface area contributed by atoms with Crippen LogP contribution in [0.4, 0.5) is 5.95 Å². The van der Waals surface area contributed by atoms with Gasteiger partial charge in [-0.15, -0.1) is 0 Å². The van der Waals surface area contributed by atoms with Crippen molar-refractivity contribution >= 4 is 22.9 Å². The highest BCUT2D eigenvalue weighted by Gasteiger charge is 2.15. The van der Waals surface area contributed by atoms with Crippen LogP contribution in [-0.4, -0.2) is 30.6 Å². The Labute approximate surface area is 148 Å². The number of benzene rings is 2. The Kier molecular flexibility index (Phi) is 4.29. The second-order valence-corrected chi connectivity index (χ2v) is 5.59. The second-order valence-electron chi connectivity index (χ2n) is 5.59. The zero-order valence-corrected chi connectivity index (χ0v) is 13.8. The predicted molar refractivity (Wildman–Crippen MR) is 95.5 cm³/mol. The van der Waals surface area contributed by atoms with Gasteiger partial charge in [-0.25, -0.2) is 10.1 Å². The number of nitrogens with zero attached hydrogens (tertiary/aromatic N) is 4. The van der Waals surface area contributed by atoms with Crippen LogP contribution in [0.3, 0.4) is 0 Å². The van der Waals surface area contributed by atoms with Crippen LogP contribution in [0.2, 0.25) is 0 Å². The molecule has 0 spiro atoms. The Balaban J connectivity index is 1.58. The van der Waals surface area contributed by atoms with Gasteiger partial charge in [0.25, 0.3) is 0 Å². The SMILES string of the molecule is O=C(Cn1c(COc2ccccc2)nc2ccccc21)Nc1ncn[nH]1. The standard InChI is InChI=1S/C18H16N6O2/c25-17(22-18-19-12-20-23-18)10-24-15-9-5-4-8-14(15)21-16(24)11-26-13-6-2-1-3-7-13/h1-9,12H,10-11H2,(H2,19,20,22,23,25). The molecular weight excluding hydrogens is 332 g/mol. The van der Waals surface area contributed by atoms with Crippen molar-refractivity contribution in [3.05, 3.63) is 66.7 Å². The normalized spacial score (nSPS) is 10.8. The number of carbonyl (C=O) groups excluding carboxylic acids is 1. The minimum atomic E-state index is -0.231. The number of imidazole rings is 1. The minimum Gasteiger partial charge on any atom is -0.486 e. The van der Waals surface area contributed by atoms with Gasteiger partial charge in [-0.3, -0.25) is 10.1 Å².